The highest BCUT2D eigenvalue weighted by molar-refractivity contribution is 6.10. The number of methoxy groups -OCH3 is 3. The zero-order chi connectivity index (χ0) is 22.9. The first-order valence-electron chi connectivity index (χ1n) is 10.5. The molecule has 1 heterocycles. The second-order valence-corrected chi connectivity index (χ2v) is 7.67. The van der Waals surface area contributed by atoms with Crippen molar-refractivity contribution in [3.63, 3.8) is 0 Å². The zero-order valence-corrected chi connectivity index (χ0v) is 18.6. The minimum absolute atomic E-state index is 0.605. The standard InChI is InChI=1S/C28H22N2O3/c1-31-20-7-5-19(6-8-20)23-14-18(17-29)4-11-26(23)30-27-12-9-21(32-2)15-24(27)25-16-22(33-3)10-13-28(25)30/h4-16H,1-3H3. The van der Waals surface area contributed by atoms with Crippen molar-refractivity contribution in [2.45, 2.75) is 0 Å². The Balaban J connectivity index is 1.86. The highest BCUT2D eigenvalue weighted by atomic mass is 16.5. The first-order valence-corrected chi connectivity index (χ1v) is 10.5. The van der Waals surface area contributed by atoms with Gasteiger partial charge in [-0.1, -0.05) is 12.1 Å². The molecular formula is C28H22N2O3. The summed E-state index contributed by atoms with van der Waals surface area (Å²) in [6, 6.07) is 28.1. The molecule has 4 aromatic carbocycles. The fourth-order valence-electron chi connectivity index (χ4n) is 4.30. The quantitative estimate of drug-likeness (QED) is 0.323. The maximum atomic E-state index is 9.57. The molecule has 33 heavy (non-hydrogen) atoms. The van der Waals surface area contributed by atoms with Gasteiger partial charge >= 0.3 is 0 Å². The Morgan fingerprint density at radius 1 is 0.636 bits per heavy atom. The van der Waals surface area contributed by atoms with E-state index in [0.29, 0.717) is 5.56 Å². The molecule has 0 saturated carbocycles. The van der Waals surface area contributed by atoms with E-state index in [-0.39, 0.29) is 0 Å². The van der Waals surface area contributed by atoms with Gasteiger partial charge in [-0.15, -0.1) is 0 Å². The van der Waals surface area contributed by atoms with E-state index >= 15 is 0 Å². The van der Waals surface area contributed by atoms with Gasteiger partial charge in [0.05, 0.1) is 49.7 Å². The Hall–Kier alpha value is -4.43. The summed E-state index contributed by atoms with van der Waals surface area (Å²) in [5, 5.41) is 11.7. The number of ether oxygens (including phenoxy) is 3. The minimum Gasteiger partial charge on any atom is -0.497 e. The molecule has 0 amide bonds. The van der Waals surface area contributed by atoms with E-state index in [0.717, 1.165) is 55.9 Å². The van der Waals surface area contributed by atoms with Crippen LogP contribution in [0.25, 0.3) is 38.6 Å². The highest BCUT2D eigenvalue weighted by Crippen LogP contribution is 2.39. The van der Waals surface area contributed by atoms with Crippen LogP contribution in [-0.2, 0) is 0 Å². The Morgan fingerprint density at radius 2 is 1.18 bits per heavy atom. The van der Waals surface area contributed by atoms with Crippen LogP contribution in [0.15, 0.2) is 78.9 Å². The van der Waals surface area contributed by atoms with Crippen LogP contribution in [0.5, 0.6) is 17.2 Å². The van der Waals surface area contributed by atoms with Crippen LogP contribution in [0, 0.1) is 11.3 Å². The summed E-state index contributed by atoms with van der Waals surface area (Å²) < 4.78 is 18.6. The number of nitriles is 1. The van der Waals surface area contributed by atoms with Crippen LogP contribution < -0.4 is 14.2 Å². The van der Waals surface area contributed by atoms with Crippen molar-refractivity contribution in [2.75, 3.05) is 21.3 Å². The summed E-state index contributed by atoms with van der Waals surface area (Å²) in [7, 11) is 4.99. The van der Waals surface area contributed by atoms with Crippen LogP contribution in [-0.4, -0.2) is 25.9 Å². The molecule has 0 aliphatic carbocycles. The van der Waals surface area contributed by atoms with E-state index in [1.807, 2.05) is 66.7 Å². The number of rotatable bonds is 5. The molecule has 5 rings (SSSR count). The topological polar surface area (TPSA) is 56.4 Å². The summed E-state index contributed by atoms with van der Waals surface area (Å²) in [5.74, 6) is 2.37. The Bertz CT molecular complexity index is 1460. The largest absolute Gasteiger partial charge is 0.497 e. The van der Waals surface area contributed by atoms with Gasteiger partial charge in [0.15, 0.2) is 0 Å². The zero-order valence-electron chi connectivity index (χ0n) is 18.6. The summed E-state index contributed by atoms with van der Waals surface area (Å²) in [5.41, 5.74) is 5.63. The third-order valence-corrected chi connectivity index (χ3v) is 5.95. The lowest BCUT2D eigenvalue weighted by molar-refractivity contribution is 0.415. The van der Waals surface area contributed by atoms with Crippen molar-refractivity contribution in [2.24, 2.45) is 0 Å². The third kappa shape index (κ3) is 3.42. The number of aromatic nitrogens is 1. The van der Waals surface area contributed by atoms with Crippen molar-refractivity contribution in [1.29, 1.82) is 5.26 Å². The molecule has 0 aliphatic heterocycles. The molecule has 0 aliphatic rings. The number of hydrogen-bond acceptors (Lipinski definition) is 4. The van der Waals surface area contributed by atoms with Gasteiger partial charge in [0, 0.05) is 16.3 Å². The van der Waals surface area contributed by atoms with E-state index < -0.39 is 0 Å². The molecule has 0 saturated heterocycles. The number of hydrogen-bond donors (Lipinski definition) is 0. The van der Waals surface area contributed by atoms with Crippen molar-refractivity contribution >= 4 is 21.8 Å². The molecular weight excluding hydrogens is 412 g/mol. The Kier molecular flexibility index (Phi) is 5.12. The maximum Gasteiger partial charge on any atom is 0.119 e. The molecule has 0 radical (unpaired) electrons. The molecule has 0 unspecified atom stereocenters. The van der Waals surface area contributed by atoms with E-state index in [1.54, 1.807) is 21.3 Å². The van der Waals surface area contributed by atoms with Gasteiger partial charge in [0.2, 0.25) is 0 Å². The first kappa shape index (κ1) is 20.5. The van der Waals surface area contributed by atoms with Crippen LogP contribution in [0.1, 0.15) is 5.56 Å². The lowest BCUT2D eigenvalue weighted by atomic mass is 10.0. The monoisotopic (exact) mass is 434 g/mol. The van der Waals surface area contributed by atoms with E-state index in [4.69, 9.17) is 14.2 Å². The van der Waals surface area contributed by atoms with Gasteiger partial charge in [0.1, 0.15) is 17.2 Å². The van der Waals surface area contributed by atoms with Gasteiger partial charge in [-0.2, -0.15) is 5.26 Å². The summed E-state index contributed by atoms with van der Waals surface area (Å²) >= 11 is 0. The average molecular weight is 434 g/mol. The van der Waals surface area contributed by atoms with Crippen molar-refractivity contribution < 1.29 is 14.2 Å². The maximum absolute atomic E-state index is 9.57. The lowest BCUT2D eigenvalue weighted by Gasteiger charge is -2.15. The fourth-order valence-corrected chi connectivity index (χ4v) is 4.30. The normalized spacial score (nSPS) is 10.8. The van der Waals surface area contributed by atoms with Crippen molar-refractivity contribution in [3.05, 3.63) is 84.4 Å². The average Bonchev–Trinajstić information content (AvgIpc) is 3.20. The van der Waals surface area contributed by atoms with E-state index in [1.165, 1.54) is 0 Å². The van der Waals surface area contributed by atoms with Crippen molar-refractivity contribution in [1.82, 2.24) is 4.57 Å². The predicted molar refractivity (Wildman–Crippen MR) is 131 cm³/mol. The minimum atomic E-state index is 0.605. The lowest BCUT2D eigenvalue weighted by Crippen LogP contribution is -1.98. The van der Waals surface area contributed by atoms with E-state index in [9.17, 15) is 5.26 Å². The second kappa shape index (κ2) is 8.25. The molecule has 0 spiro atoms. The SMILES string of the molecule is COc1ccc(-c2cc(C#N)ccc2-n2c3ccc(OC)cc3c3cc(OC)ccc32)cc1. The van der Waals surface area contributed by atoms with Gasteiger partial charge in [0.25, 0.3) is 0 Å². The van der Waals surface area contributed by atoms with Gasteiger partial charge in [-0.05, 0) is 72.3 Å². The van der Waals surface area contributed by atoms with E-state index in [2.05, 4.69) is 22.8 Å². The third-order valence-electron chi connectivity index (χ3n) is 5.95. The summed E-state index contributed by atoms with van der Waals surface area (Å²) in [6.45, 7) is 0. The summed E-state index contributed by atoms with van der Waals surface area (Å²) in [4.78, 5) is 0. The van der Waals surface area contributed by atoms with Crippen LogP contribution >= 0.6 is 0 Å². The molecule has 5 aromatic rings. The smallest absolute Gasteiger partial charge is 0.119 e. The molecule has 162 valence electrons. The molecule has 0 bridgehead atoms. The Morgan fingerprint density at radius 3 is 1.70 bits per heavy atom. The van der Waals surface area contributed by atoms with Crippen molar-refractivity contribution in [3.8, 4) is 40.1 Å². The summed E-state index contributed by atoms with van der Waals surface area (Å²) in [6.07, 6.45) is 0. The Labute approximate surface area is 192 Å². The predicted octanol–water partition coefficient (Wildman–Crippen LogP) is 6.35. The fraction of sp³-hybridized carbons (Fsp3) is 0.107. The number of nitrogens with zero attached hydrogens (tertiary/aromatic N) is 2. The molecule has 5 heteroatoms. The molecule has 0 atom stereocenters. The van der Waals surface area contributed by atoms with Gasteiger partial charge < -0.3 is 18.8 Å². The number of benzene rings is 4. The highest BCUT2D eigenvalue weighted by Gasteiger charge is 2.17. The molecule has 0 fully saturated rings. The van der Waals surface area contributed by atoms with Crippen LogP contribution in [0.3, 0.4) is 0 Å². The second-order valence-electron chi connectivity index (χ2n) is 7.67. The molecule has 1 aromatic heterocycles. The molecule has 5 nitrogen and oxygen atoms in total. The van der Waals surface area contributed by atoms with Gasteiger partial charge in [-0.3, -0.25) is 0 Å². The number of fused-ring (bicyclic) bond motifs is 3. The first-order chi connectivity index (χ1) is 16.2. The van der Waals surface area contributed by atoms with Gasteiger partial charge in [-0.25, -0.2) is 0 Å². The van der Waals surface area contributed by atoms with Crippen LogP contribution in [0.2, 0.25) is 0 Å². The van der Waals surface area contributed by atoms with Crippen LogP contribution in [0.4, 0.5) is 0 Å². The molecule has 0 N–H and O–H groups in total.